The molecule has 1 fully saturated rings. The molecule has 0 spiro atoms. The summed E-state index contributed by atoms with van der Waals surface area (Å²) in [6.07, 6.45) is -3.83. The number of primary amides is 1. The van der Waals surface area contributed by atoms with E-state index in [1.807, 2.05) is 0 Å². The Morgan fingerprint density at radius 3 is 2.87 bits per heavy atom. The van der Waals surface area contributed by atoms with Gasteiger partial charge in [0, 0.05) is 6.54 Å². The second-order valence-electron chi connectivity index (χ2n) is 5.31. The zero-order valence-electron chi connectivity index (χ0n) is 11.9. The van der Waals surface area contributed by atoms with Gasteiger partial charge in [-0.2, -0.15) is 13.2 Å². The van der Waals surface area contributed by atoms with Gasteiger partial charge in [-0.3, -0.25) is 4.79 Å². The Labute approximate surface area is 133 Å². The van der Waals surface area contributed by atoms with Crippen molar-refractivity contribution in [2.45, 2.75) is 31.2 Å². The average molecular weight is 345 g/mol. The van der Waals surface area contributed by atoms with Crippen LogP contribution in [0.5, 0.6) is 0 Å². The summed E-state index contributed by atoms with van der Waals surface area (Å²) in [5.41, 5.74) is 4.76. The highest BCUT2D eigenvalue weighted by Crippen LogP contribution is 2.34. The van der Waals surface area contributed by atoms with Crippen molar-refractivity contribution in [2.24, 2.45) is 5.73 Å². The molecular formula is C14H14F3N3O2S. The lowest BCUT2D eigenvalue weighted by Gasteiger charge is -2.11. The Balaban J connectivity index is 1.66. The smallest absolute Gasteiger partial charge is 0.367 e. The minimum atomic E-state index is -4.38. The molecule has 1 saturated heterocycles. The maximum absolute atomic E-state index is 12.7. The molecule has 0 radical (unpaired) electrons. The number of aromatic nitrogens is 1. The average Bonchev–Trinajstić information content (AvgIpc) is 3.09. The summed E-state index contributed by atoms with van der Waals surface area (Å²) in [6.45, 7) is 0.426. The number of alkyl halides is 3. The fourth-order valence-electron chi connectivity index (χ4n) is 2.45. The van der Waals surface area contributed by atoms with Crippen molar-refractivity contribution < 1.29 is 22.7 Å². The maximum atomic E-state index is 12.7. The molecule has 3 rings (SSSR count). The van der Waals surface area contributed by atoms with Crippen molar-refractivity contribution in [3.63, 3.8) is 0 Å². The van der Waals surface area contributed by atoms with Gasteiger partial charge < -0.3 is 15.8 Å². The second kappa shape index (κ2) is 5.97. The van der Waals surface area contributed by atoms with Gasteiger partial charge in [-0.1, -0.05) is 11.3 Å². The van der Waals surface area contributed by atoms with Crippen LogP contribution < -0.4 is 11.1 Å². The predicted molar refractivity (Wildman–Crippen MR) is 80.2 cm³/mol. The SMILES string of the molecule is NC(=O)C1CCC(CNc2nc3cc(C(F)(F)F)ccc3s2)O1. The van der Waals surface area contributed by atoms with Crippen molar-refractivity contribution >= 4 is 32.6 Å². The number of nitrogens with two attached hydrogens (primary N) is 1. The molecule has 0 bridgehead atoms. The van der Waals surface area contributed by atoms with Crippen LogP contribution in [0.3, 0.4) is 0 Å². The third kappa shape index (κ3) is 3.56. The van der Waals surface area contributed by atoms with E-state index in [4.69, 9.17) is 10.5 Å². The molecule has 0 aliphatic carbocycles. The molecule has 124 valence electrons. The number of thiazole rings is 1. The number of fused-ring (bicyclic) bond motifs is 1. The van der Waals surface area contributed by atoms with E-state index in [2.05, 4.69) is 10.3 Å². The van der Waals surface area contributed by atoms with Crippen molar-refractivity contribution in [1.82, 2.24) is 4.98 Å². The summed E-state index contributed by atoms with van der Waals surface area (Å²) in [5, 5.41) is 3.56. The Hall–Kier alpha value is -1.87. The van der Waals surface area contributed by atoms with Crippen molar-refractivity contribution in [3.8, 4) is 0 Å². The normalized spacial score (nSPS) is 21.7. The molecule has 1 aliphatic rings. The lowest BCUT2D eigenvalue weighted by Crippen LogP contribution is -2.30. The number of nitrogens with zero attached hydrogens (tertiary/aromatic N) is 1. The standard InChI is InChI=1S/C14H14F3N3O2S/c15-14(16,17)7-1-4-11-9(5-7)20-13(23-11)19-6-8-2-3-10(22-8)12(18)21/h1,4-5,8,10H,2-3,6H2,(H2,18,21)(H,19,20). The number of amides is 1. The number of benzene rings is 1. The van der Waals surface area contributed by atoms with E-state index < -0.39 is 23.8 Å². The van der Waals surface area contributed by atoms with Crippen LogP contribution >= 0.6 is 11.3 Å². The first-order valence-electron chi connectivity index (χ1n) is 6.99. The van der Waals surface area contributed by atoms with Crippen LogP contribution in [0.25, 0.3) is 10.2 Å². The number of anilines is 1. The Morgan fingerprint density at radius 2 is 2.22 bits per heavy atom. The number of hydrogen-bond acceptors (Lipinski definition) is 5. The van der Waals surface area contributed by atoms with E-state index in [1.54, 1.807) is 0 Å². The number of ether oxygens (including phenoxy) is 1. The number of nitrogens with one attached hydrogen (secondary N) is 1. The van der Waals surface area contributed by atoms with Crippen LogP contribution in [-0.2, 0) is 15.7 Å². The molecule has 1 aliphatic heterocycles. The quantitative estimate of drug-likeness (QED) is 0.893. The first-order chi connectivity index (χ1) is 10.8. The molecule has 2 unspecified atom stereocenters. The largest absolute Gasteiger partial charge is 0.416 e. The third-order valence-electron chi connectivity index (χ3n) is 3.62. The van der Waals surface area contributed by atoms with Gasteiger partial charge in [0.05, 0.1) is 21.9 Å². The number of carbonyl (C=O) groups is 1. The number of rotatable bonds is 4. The minimum Gasteiger partial charge on any atom is -0.367 e. The maximum Gasteiger partial charge on any atom is 0.416 e. The molecule has 9 heteroatoms. The van der Waals surface area contributed by atoms with Gasteiger partial charge >= 0.3 is 6.18 Å². The van der Waals surface area contributed by atoms with Crippen LogP contribution in [-0.4, -0.2) is 29.6 Å². The van der Waals surface area contributed by atoms with E-state index in [0.29, 0.717) is 34.7 Å². The van der Waals surface area contributed by atoms with Crippen LogP contribution in [0.4, 0.5) is 18.3 Å². The molecular weight excluding hydrogens is 331 g/mol. The van der Waals surface area contributed by atoms with E-state index in [-0.39, 0.29) is 6.10 Å². The summed E-state index contributed by atoms with van der Waals surface area (Å²) >= 11 is 1.27. The Kier molecular flexibility index (Phi) is 4.15. The summed E-state index contributed by atoms with van der Waals surface area (Å²) in [7, 11) is 0. The number of carbonyl (C=O) groups excluding carboxylic acids is 1. The van der Waals surface area contributed by atoms with E-state index >= 15 is 0 Å². The van der Waals surface area contributed by atoms with Crippen molar-refractivity contribution in [1.29, 1.82) is 0 Å². The summed E-state index contributed by atoms with van der Waals surface area (Å²) < 4.78 is 44.2. The fourth-order valence-corrected chi connectivity index (χ4v) is 3.30. The van der Waals surface area contributed by atoms with Crippen LogP contribution in [0.1, 0.15) is 18.4 Å². The summed E-state index contributed by atoms with van der Waals surface area (Å²) in [6, 6.07) is 3.49. The topological polar surface area (TPSA) is 77.2 Å². The highest BCUT2D eigenvalue weighted by atomic mass is 32.1. The monoisotopic (exact) mass is 345 g/mol. The molecule has 0 saturated carbocycles. The van der Waals surface area contributed by atoms with Crippen molar-refractivity contribution in [2.75, 3.05) is 11.9 Å². The first-order valence-corrected chi connectivity index (χ1v) is 7.81. The number of halogens is 3. The molecule has 1 aromatic carbocycles. The van der Waals surface area contributed by atoms with Gasteiger partial charge in [0.15, 0.2) is 5.13 Å². The van der Waals surface area contributed by atoms with E-state index in [9.17, 15) is 18.0 Å². The molecule has 1 amide bonds. The zero-order chi connectivity index (χ0) is 16.6. The van der Waals surface area contributed by atoms with Crippen LogP contribution in [0, 0.1) is 0 Å². The molecule has 1 aromatic heterocycles. The minimum absolute atomic E-state index is 0.162. The molecule has 5 nitrogen and oxygen atoms in total. The highest BCUT2D eigenvalue weighted by Gasteiger charge is 2.31. The van der Waals surface area contributed by atoms with Gasteiger partial charge in [0.1, 0.15) is 6.10 Å². The van der Waals surface area contributed by atoms with Gasteiger partial charge in [0.2, 0.25) is 5.91 Å². The summed E-state index contributed by atoms with van der Waals surface area (Å²) in [4.78, 5) is 15.2. The van der Waals surface area contributed by atoms with E-state index in [0.717, 1.165) is 12.1 Å². The second-order valence-corrected chi connectivity index (χ2v) is 6.34. The lowest BCUT2D eigenvalue weighted by molar-refractivity contribution is -0.137. The first kappa shape index (κ1) is 16.0. The molecule has 2 aromatic rings. The van der Waals surface area contributed by atoms with Crippen molar-refractivity contribution in [3.05, 3.63) is 23.8 Å². The number of hydrogen-bond donors (Lipinski definition) is 2. The molecule has 3 N–H and O–H groups in total. The molecule has 2 heterocycles. The third-order valence-corrected chi connectivity index (χ3v) is 4.61. The van der Waals surface area contributed by atoms with Gasteiger partial charge in [0.25, 0.3) is 0 Å². The van der Waals surface area contributed by atoms with Crippen LogP contribution in [0.15, 0.2) is 18.2 Å². The molecule has 23 heavy (non-hydrogen) atoms. The van der Waals surface area contributed by atoms with Gasteiger partial charge in [-0.25, -0.2) is 4.98 Å². The zero-order valence-corrected chi connectivity index (χ0v) is 12.7. The lowest BCUT2D eigenvalue weighted by atomic mass is 10.2. The van der Waals surface area contributed by atoms with Gasteiger partial charge in [-0.05, 0) is 31.0 Å². The predicted octanol–water partition coefficient (Wildman–Crippen LogP) is 2.76. The Bertz CT molecular complexity index is 732. The van der Waals surface area contributed by atoms with E-state index in [1.165, 1.54) is 17.4 Å². The Morgan fingerprint density at radius 1 is 1.43 bits per heavy atom. The molecule has 2 atom stereocenters. The highest BCUT2D eigenvalue weighted by molar-refractivity contribution is 7.22. The fraction of sp³-hybridized carbons (Fsp3) is 0.429. The van der Waals surface area contributed by atoms with Crippen LogP contribution in [0.2, 0.25) is 0 Å². The van der Waals surface area contributed by atoms with Gasteiger partial charge in [-0.15, -0.1) is 0 Å². The summed E-state index contributed by atoms with van der Waals surface area (Å²) in [5.74, 6) is -0.479.